The van der Waals surface area contributed by atoms with E-state index in [1.165, 1.54) is 24.2 Å². The highest BCUT2D eigenvalue weighted by Gasteiger charge is 2.33. The van der Waals surface area contributed by atoms with E-state index in [1.54, 1.807) is 0 Å². The topological polar surface area (TPSA) is 60.9 Å². The molecule has 90 valence electrons. The Morgan fingerprint density at radius 1 is 1.06 bits per heavy atom. The first-order valence-corrected chi connectivity index (χ1v) is 5.95. The molecular formula is C11H18N2O3. The highest BCUT2D eigenvalue weighted by molar-refractivity contribution is 6.31. The zero-order valence-electron chi connectivity index (χ0n) is 9.39. The lowest BCUT2D eigenvalue weighted by molar-refractivity contribution is -0.155. The predicted octanol–water partition coefficient (Wildman–Crippen LogP) is 0.158. The summed E-state index contributed by atoms with van der Waals surface area (Å²) in [7, 11) is 0. The molecule has 1 unspecified atom stereocenters. The number of carboxylic acids is 1. The van der Waals surface area contributed by atoms with Crippen LogP contribution in [-0.4, -0.2) is 59.0 Å². The first-order chi connectivity index (χ1) is 7.68. The number of aliphatic carboxylic acids is 1. The summed E-state index contributed by atoms with van der Waals surface area (Å²) >= 11 is 0. The third kappa shape index (κ3) is 2.35. The lowest BCUT2D eigenvalue weighted by Crippen LogP contribution is -2.42. The van der Waals surface area contributed by atoms with Gasteiger partial charge < -0.3 is 10.0 Å². The summed E-state index contributed by atoms with van der Waals surface area (Å²) in [4.78, 5) is 25.7. The lowest BCUT2D eigenvalue weighted by Gasteiger charge is -2.31. The molecule has 0 bridgehead atoms. The maximum absolute atomic E-state index is 11.3. The average Bonchev–Trinajstić information content (AvgIpc) is 2.78. The molecule has 2 aliphatic heterocycles. The number of carbonyl (C=O) groups excluding carboxylic acids is 1. The van der Waals surface area contributed by atoms with Crippen LogP contribution in [0.4, 0.5) is 0 Å². The van der Waals surface area contributed by atoms with Gasteiger partial charge in [0.05, 0.1) is 0 Å². The van der Waals surface area contributed by atoms with Gasteiger partial charge in [-0.3, -0.25) is 9.69 Å². The van der Waals surface area contributed by atoms with Gasteiger partial charge in [0, 0.05) is 19.1 Å². The second kappa shape index (κ2) is 4.82. The largest absolute Gasteiger partial charge is 0.474 e. The number of likely N-dealkylation sites (tertiary alicyclic amines) is 2. The second-order valence-electron chi connectivity index (χ2n) is 4.60. The molecule has 0 aromatic carbocycles. The van der Waals surface area contributed by atoms with E-state index in [1.807, 2.05) is 0 Å². The van der Waals surface area contributed by atoms with Crippen LogP contribution in [-0.2, 0) is 9.59 Å². The van der Waals surface area contributed by atoms with E-state index in [4.69, 9.17) is 5.11 Å². The zero-order chi connectivity index (χ0) is 11.5. The molecule has 0 aliphatic carbocycles. The maximum atomic E-state index is 11.3. The molecule has 16 heavy (non-hydrogen) atoms. The van der Waals surface area contributed by atoms with Crippen molar-refractivity contribution in [3.63, 3.8) is 0 Å². The minimum absolute atomic E-state index is 0.378. The Kier molecular flexibility index (Phi) is 3.43. The molecule has 2 heterocycles. The highest BCUT2D eigenvalue weighted by atomic mass is 16.4. The molecule has 1 amide bonds. The molecule has 0 aromatic heterocycles. The molecule has 2 rings (SSSR count). The normalized spacial score (nSPS) is 27.0. The number of carbonyl (C=O) groups is 2. The molecule has 0 radical (unpaired) electrons. The zero-order valence-corrected chi connectivity index (χ0v) is 9.39. The number of amides is 1. The summed E-state index contributed by atoms with van der Waals surface area (Å²) in [6.07, 6.45) is 4.66. The van der Waals surface area contributed by atoms with Gasteiger partial charge in [0.1, 0.15) is 0 Å². The van der Waals surface area contributed by atoms with Crippen LogP contribution in [0.5, 0.6) is 0 Å². The average molecular weight is 226 g/mol. The van der Waals surface area contributed by atoms with Crippen LogP contribution in [0.15, 0.2) is 0 Å². The van der Waals surface area contributed by atoms with E-state index in [9.17, 15) is 9.59 Å². The minimum Gasteiger partial charge on any atom is -0.474 e. The highest BCUT2D eigenvalue weighted by Crippen LogP contribution is 2.20. The molecule has 5 heteroatoms. The Balaban J connectivity index is 1.87. The summed E-state index contributed by atoms with van der Waals surface area (Å²) in [5, 5.41) is 8.63. The molecule has 1 atom stereocenters. The third-order valence-electron chi connectivity index (χ3n) is 3.54. The predicted molar refractivity (Wildman–Crippen MR) is 58.0 cm³/mol. The van der Waals surface area contributed by atoms with Gasteiger partial charge in [0.25, 0.3) is 0 Å². The van der Waals surface area contributed by atoms with Crippen LogP contribution in [0, 0.1) is 0 Å². The minimum atomic E-state index is -1.33. The van der Waals surface area contributed by atoms with Crippen molar-refractivity contribution in [1.29, 1.82) is 0 Å². The molecule has 0 aromatic rings. The van der Waals surface area contributed by atoms with E-state index in [2.05, 4.69) is 4.90 Å². The lowest BCUT2D eigenvalue weighted by atomic mass is 10.1. The summed E-state index contributed by atoms with van der Waals surface area (Å²) in [5.74, 6) is -2.08. The monoisotopic (exact) mass is 226 g/mol. The first-order valence-electron chi connectivity index (χ1n) is 5.95. The van der Waals surface area contributed by atoms with E-state index in [0.717, 1.165) is 19.5 Å². The fraction of sp³-hybridized carbons (Fsp3) is 0.818. The quantitative estimate of drug-likeness (QED) is 0.647. The van der Waals surface area contributed by atoms with Crippen molar-refractivity contribution in [2.75, 3.05) is 26.2 Å². The van der Waals surface area contributed by atoms with Crippen molar-refractivity contribution >= 4 is 11.9 Å². The summed E-state index contributed by atoms with van der Waals surface area (Å²) < 4.78 is 0. The number of rotatable bonds is 1. The Labute approximate surface area is 95.0 Å². The number of hydrogen-bond donors (Lipinski definition) is 1. The molecule has 5 nitrogen and oxygen atoms in total. The van der Waals surface area contributed by atoms with Gasteiger partial charge in [0.2, 0.25) is 0 Å². The summed E-state index contributed by atoms with van der Waals surface area (Å²) in [6, 6.07) is 0.378. The number of hydrogen-bond acceptors (Lipinski definition) is 3. The van der Waals surface area contributed by atoms with Crippen molar-refractivity contribution in [3.8, 4) is 0 Å². The molecule has 2 aliphatic rings. The number of carboxylic acid groups (broad SMARTS) is 1. The van der Waals surface area contributed by atoms with Gasteiger partial charge in [-0.05, 0) is 32.4 Å². The van der Waals surface area contributed by atoms with Crippen LogP contribution in [0.25, 0.3) is 0 Å². The van der Waals surface area contributed by atoms with Crippen molar-refractivity contribution in [2.45, 2.75) is 31.7 Å². The van der Waals surface area contributed by atoms with E-state index >= 15 is 0 Å². The van der Waals surface area contributed by atoms with Gasteiger partial charge in [-0.2, -0.15) is 0 Å². The van der Waals surface area contributed by atoms with Gasteiger partial charge in [-0.1, -0.05) is 6.42 Å². The fourth-order valence-electron chi connectivity index (χ4n) is 2.64. The number of piperidine rings is 1. The number of nitrogens with zero attached hydrogens (tertiary/aromatic N) is 2. The van der Waals surface area contributed by atoms with Gasteiger partial charge in [-0.25, -0.2) is 4.79 Å². The molecule has 0 saturated carbocycles. The van der Waals surface area contributed by atoms with Crippen LogP contribution in [0.3, 0.4) is 0 Å². The Hall–Kier alpha value is -1.10. The standard InChI is InChI=1S/C11H18N2O3/c14-10(11(15)16)13-7-4-9(8-13)12-5-2-1-3-6-12/h9H,1-8H2,(H,15,16). The molecule has 1 N–H and O–H groups in total. The fourth-order valence-corrected chi connectivity index (χ4v) is 2.64. The second-order valence-corrected chi connectivity index (χ2v) is 4.60. The molecule has 2 saturated heterocycles. The first kappa shape index (κ1) is 11.4. The van der Waals surface area contributed by atoms with Crippen LogP contribution in [0.1, 0.15) is 25.7 Å². The Morgan fingerprint density at radius 3 is 2.38 bits per heavy atom. The summed E-state index contributed by atoms with van der Waals surface area (Å²) in [6.45, 7) is 3.37. The van der Waals surface area contributed by atoms with E-state index in [0.29, 0.717) is 19.1 Å². The third-order valence-corrected chi connectivity index (χ3v) is 3.54. The van der Waals surface area contributed by atoms with Gasteiger partial charge >= 0.3 is 11.9 Å². The molecule has 2 fully saturated rings. The summed E-state index contributed by atoms with van der Waals surface area (Å²) in [5.41, 5.74) is 0. The Bertz CT molecular complexity index is 287. The van der Waals surface area contributed by atoms with E-state index in [-0.39, 0.29) is 0 Å². The smallest absolute Gasteiger partial charge is 0.394 e. The Morgan fingerprint density at radius 2 is 1.75 bits per heavy atom. The van der Waals surface area contributed by atoms with Crippen molar-refractivity contribution in [3.05, 3.63) is 0 Å². The van der Waals surface area contributed by atoms with Gasteiger partial charge in [-0.15, -0.1) is 0 Å². The van der Waals surface area contributed by atoms with Crippen LogP contribution < -0.4 is 0 Å². The van der Waals surface area contributed by atoms with E-state index < -0.39 is 11.9 Å². The van der Waals surface area contributed by atoms with Crippen molar-refractivity contribution < 1.29 is 14.7 Å². The van der Waals surface area contributed by atoms with Gasteiger partial charge in [0.15, 0.2) is 0 Å². The molecular weight excluding hydrogens is 208 g/mol. The van der Waals surface area contributed by atoms with Crippen molar-refractivity contribution in [1.82, 2.24) is 9.80 Å². The molecule has 0 spiro atoms. The van der Waals surface area contributed by atoms with Crippen molar-refractivity contribution in [2.24, 2.45) is 0 Å². The van der Waals surface area contributed by atoms with Crippen LogP contribution >= 0.6 is 0 Å². The maximum Gasteiger partial charge on any atom is 0.394 e. The van der Waals surface area contributed by atoms with Crippen LogP contribution in [0.2, 0.25) is 0 Å². The SMILES string of the molecule is O=C(O)C(=O)N1CCC(N2CCCCC2)C1.